The Labute approximate surface area is 207 Å². The van der Waals surface area contributed by atoms with Crippen molar-refractivity contribution in [3.05, 3.63) is 52.7 Å². The van der Waals surface area contributed by atoms with Gasteiger partial charge in [-0.25, -0.2) is 14.4 Å². The number of piperazine rings is 1. The van der Waals surface area contributed by atoms with Crippen LogP contribution in [0.2, 0.25) is 0 Å². The third-order valence-electron chi connectivity index (χ3n) is 6.90. The number of hydrogen-bond donors (Lipinski definition) is 2. The van der Waals surface area contributed by atoms with E-state index < -0.39 is 29.6 Å². The average molecular weight is 510 g/mol. The highest BCUT2D eigenvalue weighted by molar-refractivity contribution is 5.84. The number of aliphatic hydroxyl groups is 1. The van der Waals surface area contributed by atoms with Crippen molar-refractivity contribution in [2.45, 2.75) is 57.3 Å². The topological polar surface area (TPSA) is 81.6 Å². The van der Waals surface area contributed by atoms with Crippen LogP contribution in [0.25, 0.3) is 0 Å². The minimum Gasteiger partial charge on any atom is -0.387 e. The van der Waals surface area contributed by atoms with Crippen LogP contribution in [0.3, 0.4) is 0 Å². The number of carbonyl (C=O) groups is 1. The van der Waals surface area contributed by atoms with Crippen LogP contribution in [0.1, 0.15) is 67.5 Å². The van der Waals surface area contributed by atoms with Crippen molar-refractivity contribution in [2.75, 3.05) is 37.6 Å². The molecule has 1 fully saturated rings. The first kappa shape index (κ1) is 26.3. The molecule has 0 saturated carbocycles. The molecule has 36 heavy (non-hydrogen) atoms. The van der Waals surface area contributed by atoms with E-state index in [9.17, 15) is 27.5 Å². The zero-order valence-electron chi connectivity index (χ0n) is 20.5. The van der Waals surface area contributed by atoms with Gasteiger partial charge in [0.05, 0.1) is 23.3 Å². The summed E-state index contributed by atoms with van der Waals surface area (Å²) in [7, 11) is 0. The molecule has 1 aromatic heterocycles. The lowest BCUT2D eigenvalue weighted by atomic mass is 9.94. The van der Waals surface area contributed by atoms with Crippen molar-refractivity contribution in [1.29, 1.82) is 0 Å². The van der Waals surface area contributed by atoms with E-state index >= 15 is 0 Å². The number of anilines is 1. The van der Waals surface area contributed by atoms with E-state index in [1.165, 1.54) is 12.4 Å². The zero-order valence-corrected chi connectivity index (χ0v) is 20.5. The number of aromatic nitrogens is 2. The lowest BCUT2D eigenvalue weighted by Crippen LogP contribution is -2.51. The summed E-state index contributed by atoms with van der Waals surface area (Å²) in [6.45, 7) is 7.61. The minimum absolute atomic E-state index is 0.0110. The summed E-state index contributed by atoms with van der Waals surface area (Å²) in [6.07, 6.45) is -3.45. The van der Waals surface area contributed by atoms with Crippen molar-refractivity contribution in [3.8, 4) is 0 Å². The maximum atomic E-state index is 13.9. The molecule has 11 heteroatoms. The summed E-state index contributed by atoms with van der Waals surface area (Å²) < 4.78 is 53.9. The molecule has 2 aliphatic rings. The standard InChI is InChI=1S/C25H31F4N5O2/c1-14(2)30-12-17(16-4-5-19(26)18(11-16)25(27,28)29)24(36)34-8-6-33(7-9-34)23-21-15(3)10-20(35)22(21)31-13-32-23/h4-5,11,13-15,17,20,30,35H,6-10,12H2,1-3H3/t15-,17-,20-/m1/s1. The highest BCUT2D eigenvalue weighted by Crippen LogP contribution is 2.43. The third kappa shape index (κ3) is 5.31. The molecule has 0 unspecified atom stereocenters. The van der Waals surface area contributed by atoms with E-state index in [-0.39, 0.29) is 30.0 Å². The van der Waals surface area contributed by atoms with Crippen molar-refractivity contribution in [3.63, 3.8) is 0 Å². The highest BCUT2D eigenvalue weighted by atomic mass is 19.4. The van der Waals surface area contributed by atoms with Crippen LogP contribution in [-0.2, 0) is 11.0 Å². The summed E-state index contributed by atoms with van der Waals surface area (Å²) in [4.78, 5) is 25.9. The van der Waals surface area contributed by atoms with Gasteiger partial charge in [-0.2, -0.15) is 13.2 Å². The Morgan fingerprint density at radius 1 is 1.19 bits per heavy atom. The molecule has 1 aliphatic heterocycles. The molecule has 0 radical (unpaired) electrons. The van der Waals surface area contributed by atoms with Crippen LogP contribution in [-0.4, -0.2) is 64.6 Å². The number of nitrogens with one attached hydrogen (secondary N) is 1. The first-order chi connectivity index (χ1) is 17.0. The minimum atomic E-state index is -4.85. The van der Waals surface area contributed by atoms with Gasteiger partial charge >= 0.3 is 6.18 Å². The Balaban J connectivity index is 1.53. The molecule has 1 saturated heterocycles. The first-order valence-corrected chi connectivity index (χ1v) is 12.1. The van der Waals surface area contributed by atoms with E-state index in [1.54, 1.807) is 4.90 Å². The maximum absolute atomic E-state index is 13.9. The van der Waals surface area contributed by atoms with Crippen molar-refractivity contribution >= 4 is 11.7 Å². The van der Waals surface area contributed by atoms with Gasteiger partial charge < -0.3 is 20.2 Å². The number of aliphatic hydroxyl groups excluding tert-OH is 1. The fourth-order valence-corrected chi connectivity index (χ4v) is 4.99. The van der Waals surface area contributed by atoms with Crippen molar-refractivity contribution in [1.82, 2.24) is 20.2 Å². The second kappa shape index (κ2) is 10.3. The predicted octanol–water partition coefficient (Wildman–Crippen LogP) is 3.61. The quantitative estimate of drug-likeness (QED) is 0.580. The summed E-state index contributed by atoms with van der Waals surface area (Å²) in [6, 6.07) is 2.78. The van der Waals surface area contributed by atoms with Crippen LogP contribution in [0.15, 0.2) is 24.5 Å². The number of nitrogens with zero attached hydrogens (tertiary/aromatic N) is 4. The number of halogens is 4. The van der Waals surface area contributed by atoms with Crippen LogP contribution < -0.4 is 10.2 Å². The Morgan fingerprint density at radius 2 is 1.89 bits per heavy atom. The number of amides is 1. The highest BCUT2D eigenvalue weighted by Gasteiger charge is 2.37. The molecule has 0 spiro atoms. The number of rotatable bonds is 6. The lowest BCUT2D eigenvalue weighted by Gasteiger charge is -2.38. The van der Waals surface area contributed by atoms with Crippen LogP contribution in [0.5, 0.6) is 0 Å². The first-order valence-electron chi connectivity index (χ1n) is 12.1. The Bertz CT molecular complexity index is 1100. The van der Waals surface area contributed by atoms with Gasteiger partial charge in [-0.15, -0.1) is 0 Å². The number of fused-ring (bicyclic) bond motifs is 1. The smallest absolute Gasteiger partial charge is 0.387 e. The molecule has 2 heterocycles. The van der Waals surface area contributed by atoms with Crippen LogP contribution in [0, 0.1) is 5.82 Å². The van der Waals surface area contributed by atoms with E-state index in [2.05, 4.69) is 20.2 Å². The molecule has 1 amide bonds. The molecule has 1 aromatic carbocycles. The molecule has 2 N–H and O–H groups in total. The van der Waals surface area contributed by atoms with E-state index in [4.69, 9.17) is 0 Å². The van der Waals surface area contributed by atoms with Crippen LogP contribution in [0.4, 0.5) is 23.4 Å². The van der Waals surface area contributed by atoms with Gasteiger partial charge in [0.1, 0.15) is 18.0 Å². The van der Waals surface area contributed by atoms with Gasteiger partial charge in [0.15, 0.2) is 0 Å². The van der Waals surface area contributed by atoms with Crippen LogP contribution >= 0.6 is 0 Å². The molecular weight excluding hydrogens is 478 g/mol. The molecule has 4 rings (SSSR count). The van der Waals surface area contributed by atoms with E-state index in [0.29, 0.717) is 38.3 Å². The lowest BCUT2D eigenvalue weighted by molar-refractivity contribution is -0.140. The maximum Gasteiger partial charge on any atom is 0.419 e. The summed E-state index contributed by atoms with van der Waals surface area (Å²) >= 11 is 0. The number of benzene rings is 1. The zero-order chi connectivity index (χ0) is 26.2. The van der Waals surface area contributed by atoms with Gasteiger partial charge in [0.2, 0.25) is 5.91 Å². The summed E-state index contributed by atoms with van der Waals surface area (Å²) in [5, 5.41) is 13.4. The molecule has 0 bridgehead atoms. The molecule has 7 nitrogen and oxygen atoms in total. The van der Waals surface area contributed by atoms with Gasteiger partial charge in [-0.3, -0.25) is 4.79 Å². The number of carbonyl (C=O) groups excluding carboxylic acids is 1. The van der Waals surface area contributed by atoms with Gasteiger partial charge in [0.25, 0.3) is 0 Å². The Morgan fingerprint density at radius 3 is 2.53 bits per heavy atom. The number of alkyl halides is 3. The Hall–Kier alpha value is -2.79. The third-order valence-corrected chi connectivity index (χ3v) is 6.90. The van der Waals surface area contributed by atoms with Gasteiger partial charge in [-0.05, 0) is 30.0 Å². The van der Waals surface area contributed by atoms with Gasteiger partial charge in [0, 0.05) is 44.3 Å². The second-order valence-corrected chi connectivity index (χ2v) is 9.81. The van der Waals surface area contributed by atoms with Crippen molar-refractivity contribution in [2.24, 2.45) is 0 Å². The van der Waals surface area contributed by atoms with Gasteiger partial charge in [-0.1, -0.05) is 26.8 Å². The second-order valence-electron chi connectivity index (χ2n) is 9.81. The fourth-order valence-electron chi connectivity index (χ4n) is 4.99. The molecule has 2 aromatic rings. The average Bonchev–Trinajstić information content (AvgIpc) is 3.12. The number of hydrogen-bond acceptors (Lipinski definition) is 6. The van der Waals surface area contributed by atoms with E-state index in [1.807, 2.05) is 20.8 Å². The monoisotopic (exact) mass is 509 g/mol. The van der Waals surface area contributed by atoms with E-state index in [0.717, 1.165) is 23.5 Å². The summed E-state index contributed by atoms with van der Waals surface area (Å²) in [5.41, 5.74) is 0.319. The summed E-state index contributed by atoms with van der Waals surface area (Å²) in [5.74, 6) is -1.70. The Kier molecular flexibility index (Phi) is 7.51. The molecule has 1 aliphatic carbocycles. The SMILES string of the molecule is CC(C)NC[C@@H](C(=O)N1CCN(c2ncnc3c2[C@H](C)C[C@H]3O)CC1)c1ccc(F)c(C(F)(F)F)c1. The molecular formula is C25H31F4N5O2. The molecule has 196 valence electrons. The predicted molar refractivity (Wildman–Crippen MR) is 126 cm³/mol. The molecule has 3 atom stereocenters. The normalized spacial score (nSPS) is 21.1. The largest absolute Gasteiger partial charge is 0.419 e. The fraction of sp³-hybridized carbons (Fsp3) is 0.560. The van der Waals surface area contributed by atoms with Crippen molar-refractivity contribution < 1.29 is 27.5 Å².